The molecule has 4 atom stereocenters. The van der Waals surface area contributed by atoms with Gasteiger partial charge in [-0.25, -0.2) is 4.79 Å². The zero-order valence-electron chi connectivity index (χ0n) is 19.6. The average Bonchev–Trinajstić information content (AvgIpc) is 2.76. The summed E-state index contributed by atoms with van der Waals surface area (Å²) in [6.45, 7) is 1.58. The number of hydrogen-bond donors (Lipinski definition) is 8. The Morgan fingerprint density at radius 2 is 1.49 bits per heavy atom. The number of nitrogens with two attached hydrogens (primary N) is 2. The predicted octanol–water partition coefficient (Wildman–Crippen LogP) is -5.02. The van der Waals surface area contributed by atoms with Crippen LogP contribution in [-0.2, 0) is 33.4 Å². The molecule has 0 aromatic rings. The number of primary amides is 2. The number of rotatable bonds is 18. The number of nitrogens with one attached hydrogen (secondary N) is 4. The lowest BCUT2D eigenvalue weighted by atomic mass is 10.1. The molecule has 0 bridgehead atoms. The standard InChI is InChI=1S/C19H34N6O10/c1-10(27)7-12(16(20)30)24-19(33)25-15(11(2)28)18(32)22-3-4-34-5-6-35-9-14(29)23-13(8-26)17(21)31/h11-13,15,26,28H,3-9H2,1-2H3,(H2,20,30)(H2,21,31)(H,22,32)(H,23,29)(H2,24,25,33)/t11?,12-,13-,15-/m0/s1. The van der Waals surface area contributed by atoms with Crippen LogP contribution in [0, 0.1) is 0 Å². The number of ether oxygens (including phenoxy) is 2. The number of hydrogen-bond acceptors (Lipinski definition) is 10. The summed E-state index contributed by atoms with van der Waals surface area (Å²) in [6.07, 6.45) is -1.61. The van der Waals surface area contributed by atoms with Crippen molar-refractivity contribution in [2.45, 2.75) is 44.5 Å². The van der Waals surface area contributed by atoms with Crippen LogP contribution in [0.4, 0.5) is 4.79 Å². The summed E-state index contributed by atoms with van der Waals surface area (Å²) >= 11 is 0. The Bertz CT molecular complexity index is 748. The number of carbonyl (C=O) groups excluding carboxylic acids is 6. The van der Waals surface area contributed by atoms with Gasteiger partial charge in [0.1, 0.15) is 30.5 Å². The highest BCUT2D eigenvalue weighted by molar-refractivity contribution is 5.92. The molecule has 6 amide bonds. The fourth-order valence-electron chi connectivity index (χ4n) is 2.44. The van der Waals surface area contributed by atoms with Crippen molar-refractivity contribution in [2.24, 2.45) is 11.5 Å². The van der Waals surface area contributed by atoms with Crippen LogP contribution in [0.3, 0.4) is 0 Å². The topological polar surface area (TPSA) is 262 Å². The van der Waals surface area contributed by atoms with Gasteiger partial charge in [-0.2, -0.15) is 0 Å². The highest BCUT2D eigenvalue weighted by Gasteiger charge is 2.27. The zero-order chi connectivity index (χ0) is 27.0. The third-order valence-electron chi connectivity index (χ3n) is 4.20. The van der Waals surface area contributed by atoms with Crippen molar-refractivity contribution in [2.75, 3.05) is 39.6 Å². The molecule has 1 unspecified atom stereocenters. The van der Waals surface area contributed by atoms with Gasteiger partial charge in [0.05, 0.1) is 32.5 Å². The normalized spacial score (nSPS) is 14.1. The monoisotopic (exact) mass is 506 g/mol. The molecule has 0 rings (SSSR count). The van der Waals surface area contributed by atoms with Gasteiger partial charge in [-0.05, 0) is 13.8 Å². The van der Waals surface area contributed by atoms with Gasteiger partial charge in [0, 0.05) is 13.0 Å². The van der Waals surface area contributed by atoms with Crippen LogP contribution in [0.25, 0.3) is 0 Å². The van der Waals surface area contributed by atoms with E-state index in [2.05, 4.69) is 21.3 Å². The summed E-state index contributed by atoms with van der Waals surface area (Å²) in [5.74, 6) is -3.59. The molecule has 0 aliphatic heterocycles. The lowest BCUT2D eigenvalue weighted by Crippen LogP contribution is -2.58. The van der Waals surface area contributed by atoms with Gasteiger partial charge in [-0.3, -0.25) is 24.0 Å². The number of aliphatic hydroxyl groups excluding tert-OH is 2. The maximum Gasteiger partial charge on any atom is 0.316 e. The molecule has 0 fully saturated rings. The van der Waals surface area contributed by atoms with E-state index in [0.29, 0.717) is 0 Å². The lowest BCUT2D eigenvalue weighted by molar-refractivity contribution is -0.131. The van der Waals surface area contributed by atoms with Crippen LogP contribution in [0.1, 0.15) is 20.3 Å². The molecule has 0 heterocycles. The third kappa shape index (κ3) is 14.5. The molecule has 0 aliphatic carbocycles. The van der Waals surface area contributed by atoms with E-state index in [4.69, 9.17) is 26.0 Å². The van der Waals surface area contributed by atoms with E-state index in [9.17, 15) is 33.9 Å². The number of carbonyl (C=O) groups is 6. The minimum atomic E-state index is -1.37. The molecule has 0 aromatic carbocycles. The SMILES string of the molecule is CC(=O)C[C@H](NC(=O)N[C@H](C(=O)NCCOCCOCC(=O)N[C@@H](CO)C(N)=O)C(C)O)C(N)=O. The Hall–Kier alpha value is -3.34. The molecule has 0 aliphatic rings. The quantitative estimate of drug-likeness (QED) is 0.0820. The van der Waals surface area contributed by atoms with Gasteiger partial charge in [0.15, 0.2) is 0 Å². The average molecular weight is 507 g/mol. The molecule has 0 aromatic heterocycles. The van der Waals surface area contributed by atoms with Gasteiger partial charge in [-0.1, -0.05) is 0 Å². The Morgan fingerprint density at radius 3 is 2.00 bits per heavy atom. The van der Waals surface area contributed by atoms with Crippen molar-refractivity contribution in [3.8, 4) is 0 Å². The number of Topliss-reactive ketones (excluding diaryl/α,β-unsaturated/α-hetero) is 1. The van der Waals surface area contributed by atoms with Gasteiger partial charge in [0.2, 0.25) is 23.6 Å². The maximum atomic E-state index is 12.3. The van der Waals surface area contributed by atoms with Crippen molar-refractivity contribution in [3.05, 3.63) is 0 Å². The van der Waals surface area contributed by atoms with Crippen molar-refractivity contribution in [1.82, 2.24) is 21.3 Å². The highest BCUT2D eigenvalue weighted by atomic mass is 16.5. The summed E-state index contributed by atoms with van der Waals surface area (Å²) in [5, 5.41) is 27.7. The van der Waals surface area contributed by atoms with Crippen LogP contribution in [0.5, 0.6) is 0 Å². The second-order valence-corrected chi connectivity index (χ2v) is 7.36. The molecule has 16 heteroatoms. The predicted molar refractivity (Wildman–Crippen MR) is 118 cm³/mol. The van der Waals surface area contributed by atoms with Crippen LogP contribution >= 0.6 is 0 Å². The molecule has 0 saturated heterocycles. The summed E-state index contributed by atoms with van der Waals surface area (Å²) in [5.41, 5.74) is 10.1. The Morgan fingerprint density at radius 1 is 0.886 bits per heavy atom. The van der Waals surface area contributed by atoms with E-state index in [-0.39, 0.29) is 38.6 Å². The van der Waals surface area contributed by atoms with E-state index >= 15 is 0 Å². The first-order valence-electron chi connectivity index (χ1n) is 10.6. The fraction of sp³-hybridized carbons (Fsp3) is 0.684. The molecule has 16 nitrogen and oxygen atoms in total. The molecule has 10 N–H and O–H groups in total. The first-order chi connectivity index (χ1) is 16.4. The molecule has 35 heavy (non-hydrogen) atoms. The Balaban J connectivity index is 4.25. The Kier molecular flexibility index (Phi) is 15.5. The van der Waals surface area contributed by atoms with E-state index < -0.39 is 67.1 Å². The number of amides is 6. The number of aliphatic hydroxyl groups is 2. The van der Waals surface area contributed by atoms with Crippen molar-refractivity contribution >= 4 is 35.4 Å². The third-order valence-corrected chi connectivity index (χ3v) is 4.20. The molecule has 0 radical (unpaired) electrons. The summed E-state index contributed by atoms with van der Waals surface area (Å²) in [7, 11) is 0. The molecule has 200 valence electrons. The second kappa shape index (κ2) is 17.1. The minimum absolute atomic E-state index is 0.0108. The van der Waals surface area contributed by atoms with E-state index in [1.807, 2.05) is 0 Å². The Labute approximate surface area is 201 Å². The minimum Gasteiger partial charge on any atom is -0.394 e. The molecule has 0 saturated carbocycles. The van der Waals surface area contributed by atoms with Gasteiger partial charge < -0.3 is 52.4 Å². The van der Waals surface area contributed by atoms with E-state index in [1.165, 1.54) is 13.8 Å². The summed E-state index contributed by atoms with van der Waals surface area (Å²) < 4.78 is 10.2. The van der Waals surface area contributed by atoms with Crippen molar-refractivity contribution < 1.29 is 48.5 Å². The largest absolute Gasteiger partial charge is 0.394 e. The summed E-state index contributed by atoms with van der Waals surface area (Å²) in [6, 6.07) is -4.83. The van der Waals surface area contributed by atoms with Crippen LogP contribution in [-0.4, -0.2) is 109 Å². The zero-order valence-corrected chi connectivity index (χ0v) is 19.6. The number of urea groups is 1. The highest BCUT2D eigenvalue weighted by Crippen LogP contribution is 1.96. The van der Waals surface area contributed by atoms with Gasteiger partial charge >= 0.3 is 6.03 Å². The van der Waals surface area contributed by atoms with Crippen molar-refractivity contribution in [1.29, 1.82) is 0 Å². The van der Waals surface area contributed by atoms with Gasteiger partial charge in [-0.15, -0.1) is 0 Å². The summed E-state index contributed by atoms with van der Waals surface area (Å²) in [4.78, 5) is 69.3. The van der Waals surface area contributed by atoms with Crippen LogP contribution in [0.2, 0.25) is 0 Å². The molecular formula is C19H34N6O10. The number of ketones is 1. The first-order valence-corrected chi connectivity index (χ1v) is 10.6. The van der Waals surface area contributed by atoms with E-state index in [0.717, 1.165) is 0 Å². The fourth-order valence-corrected chi connectivity index (χ4v) is 2.44. The smallest absolute Gasteiger partial charge is 0.316 e. The van der Waals surface area contributed by atoms with Gasteiger partial charge in [0.25, 0.3) is 0 Å². The first kappa shape index (κ1) is 31.7. The van der Waals surface area contributed by atoms with Crippen molar-refractivity contribution in [3.63, 3.8) is 0 Å². The molecular weight excluding hydrogens is 472 g/mol. The van der Waals surface area contributed by atoms with Crippen LogP contribution in [0.15, 0.2) is 0 Å². The lowest BCUT2D eigenvalue weighted by Gasteiger charge is -2.22. The van der Waals surface area contributed by atoms with Crippen LogP contribution < -0.4 is 32.7 Å². The second-order valence-electron chi connectivity index (χ2n) is 7.36. The van der Waals surface area contributed by atoms with E-state index in [1.54, 1.807) is 0 Å². The maximum absolute atomic E-state index is 12.3. The molecule has 0 spiro atoms.